The van der Waals surface area contributed by atoms with E-state index in [4.69, 9.17) is 4.74 Å². The maximum absolute atomic E-state index is 13.1. The lowest BCUT2D eigenvalue weighted by Gasteiger charge is -2.14. The number of hydrogen-bond acceptors (Lipinski definition) is 4. The summed E-state index contributed by atoms with van der Waals surface area (Å²) in [5.74, 6) is 0.0347. The van der Waals surface area contributed by atoms with Crippen molar-refractivity contribution in [2.45, 2.75) is 11.4 Å². The minimum Gasteiger partial charge on any atom is -0.497 e. The molecule has 0 spiro atoms. The Morgan fingerprint density at radius 2 is 1.56 bits per heavy atom. The van der Waals surface area contributed by atoms with Crippen LogP contribution >= 0.6 is 0 Å². The van der Waals surface area contributed by atoms with E-state index in [1.54, 1.807) is 24.3 Å². The van der Waals surface area contributed by atoms with Gasteiger partial charge in [-0.15, -0.1) is 0 Å². The van der Waals surface area contributed by atoms with Crippen molar-refractivity contribution in [2.75, 3.05) is 11.8 Å². The van der Waals surface area contributed by atoms with Crippen LogP contribution in [0.1, 0.15) is 15.9 Å². The zero-order valence-corrected chi connectivity index (χ0v) is 18.2. The summed E-state index contributed by atoms with van der Waals surface area (Å²) in [6.45, 7) is 0.313. The van der Waals surface area contributed by atoms with E-state index in [1.165, 1.54) is 19.2 Å². The van der Waals surface area contributed by atoms with E-state index in [0.717, 1.165) is 16.3 Å². The fourth-order valence-electron chi connectivity index (χ4n) is 3.34. The Labute approximate surface area is 186 Å². The van der Waals surface area contributed by atoms with Crippen LogP contribution in [-0.4, -0.2) is 21.4 Å². The molecule has 0 saturated carbocycles. The maximum atomic E-state index is 13.1. The summed E-state index contributed by atoms with van der Waals surface area (Å²) in [6.07, 6.45) is 0. The zero-order valence-electron chi connectivity index (χ0n) is 17.4. The highest BCUT2D eigenvalue weighted by atomic mass is 32.2. The van der Waals surface area contributed by atoms with E-state index in [1.807, 2.05) is 54.6 Å². The Bertz CT molecular complexity index is 1370. The number of methoxy groups -OCH3 is 1. The van der Waals surface area contributed by atoms with Crippen LogP contribution in [-0.2, 0) is 16.6 Å². The monoisotopic (exact) mass is 446 g/mol. The first-order valence-electron chi connectivity index (χ1n) is 9.98. The van der Waals surface area contributed by atoms with Crippen molar-refractivity contribution in [3.05, 3.63) is 102 Å². The van der Waals surface area contributed by atoms with Crippen LogP contribution in [0, 0.1) is 0 Å². The maximum Gasteiger partial charge on any atom is 0.261 e. The van der Waals surface area contributed by atoms with Crippen LogP contribution in [0.4, 0.5) is 5.69 Å². The fourth-order valence-corrected chi connectivity index (χ4v) is 4.45. The van der Waals surface area contributed by atoms with Gasteiger partial charge < -0.3 is 10.1 Å². The first kappa shape index (κ1) is 21.4. The second kappa shape index (κ2) is 9.11. The van der Waals surface area contributed by atoms with Crippen LogP contribution in [0.3, 0.4) is 0 Å². The van der Waals surface area contributed by atoms with Gasteiger partial charge in [-0.05, 0) is 46.7 Å². The van der Waals surface area contributed by atoms with E-state index in [-0.39, 0.29) is 16.1 Å². The summed E-state index contributed by atoms with van der Waals surface area (Å²) >= 11 is 0. The van der Waals surface area contributed by atoms with Gasteiger partial charge in [-0.3, -0.25) is 9.52 Å². The molecule has 6 nitrogen and oxygen atoms in total. The van der Waals surface area contributed by atoms with Crippen molar-refractivity contribution >= 4 is 32.4 Å². The molecule has 4 rings (SSSR count). The number of anilines is 1. The van der Waals surface area contributed by atoms with Gasteiger partial charge in [0.1, 0.15) is 5.75 Å². The Morgan fingerprint density at radius 3 is 2.31 bits per heavy atom. The molecular formula is C25H22N2O4S. The average molecular weight is 447 g/mol. The van der Waals surface area contributed by atoms with E-state index in [0.29, 0.717) is 12.3 Å². The summed E-state index contributed by atoms with van der Waals surface area (Å²) in [5, 5.41) is 4.58. The number of carbonyl (C=O) groups excluding carboxylic acids is 1. The fraction of sp³-hybridized carbons (Fsp3) is 0.0800. The number of nitrogens with one attached hydrogen (secondary N) is 2. The Morgan fingerprint density at radius 1 is 0.844 bits per heavy atom. The van der Waals surface area contributed by atoms with Crippen LogP contribution in [0.15, 0.2) is 95.9 Å². The predicted octanol–water partition coefficient (Wildman–Crippen LogP) is 4.58. The summed E-state index contributed by atoms with van der Waals surface area (Å²) in [4.78, 5) is 13.0. The zero-order chi connectivity index (χ0) is 22.6. The standard InChI is InChI=1S/C25H22N2O4S/c1-31-21-12-14-24(23(16-21)25(28)26-17-18-7-3-2-4-8-18)27-32(29,30)22-13-11-19-9-5-6-10-20(19)15-22/h2-16,27H,17H2,1H3,(H,26,28). The molecule has 1 amide bonds. The summed E-state index contributed by atoms with van der Waals surface area (Å²) in [6, 6.07) is 26.5. The van der Waals surface area contributed by atoms with Gasteiger partial charge >= 0.3 is 0 Å². The first-order valence-corrected chi connectivity index (χ1v) is 11.5. The summed E-state index contributed by atoms with van der Waals surface area (Å²) in [7, 11) is -2.43. The highest BCUT2D eigenvalue weighted by Gasteiger charge is 2.20. The van der Waals surface area contributed by atoms with E-state index >= 15 is 0 Å². The third-order valence-corrected chi connectivity index (χ3v) is 6.41. The average Bonchev–Trinajstić information content (AvgIpc) is 2.83. The summed E-state index contributed by atoms with van der Waals surface area (Å²) in [5.41, 5.74) is 1.27. The molecule has 32 heavy (non-hydrogen) atoms. The van der Waals surface area contributed by atoms with Crippen molar-refractivity contribution in [3.8, 4) is 5.75 Å². The van der Waals surface area contributed by atoms with Crippen LogP contribution < -0.4 is 14.8 Å². The van der Waals surface area contributed by atoms with Crippen LogP contribution in [0.5, 0.6) is 5.75 Å². The lowest BCUT2D eigenvalue weighted by molar-refractivity contribution is 0.0951. The number of benzene rings is 4. The highest BCUT2D eigenvalue weighted by molar-refractivity contribution is 7.92. The van der Waals surface area contributed by atoms with E-state index in [9.17, 15) is 13.2 Å². The molecule has 162 valence electrons. The molecule has 0 saturated heterocycles. The number of carbonyl (C=O) groups is 1. The molecule has 0 heterocycles. The number of rotatable bonds is 7. The largest absolute Gasteiger partial charge is 0.497 e. The molecule has 4 aromatic rings. The normalized spacial score (nSPS) is 11.2. The second-order valence-electron chi connectivity index (χ2n) is 7.19. The van der Waals surface area contributed by atoms with Crippen molar-refractivity contribution in [3.63, 3.8) is 0 Å². The molecule has 0 unspecified atom stereocenters. The van der Waals surface area contributed by atoms with Crippen molar-refractivity contribution < 1.29 is 17.9 Å². The second-order valence-corrected chi connectivity index (χ2v) is 8.88. The smallest absolute Gasteiger partial charge is 0.261 e. The van der Waals surface area contributed by atoms with Crippen molar-refractivity contribution in [1.82, 2.24) is 5.32 Å². The minimum atomic E-state index is -3.92. The van der Waals surface area contributed by atoms with Gasteiger partial charge in [-0.25, -0.2) is 8.42 Å². The molecule has 0 atom stereocenters. The molecule has 7 heteroatoms. The van der Waals surface area contributed by atoms with Gasteiger partial charge in [0.25, 0.3) is 15.9 Å². The minimum absolute atomic E-state index is 0.114. The number of amides is 1. The number of ether oxygens (including phenoxy) is 1. The van der Waals surface area contributed by atoms with Gasteiger partial charge in [0.2, 0.25) is 0 Å². The molecule has 0 fully saturated rings. The Balaban J connectivity index is 1.62. The Hall–Kier alpha value is -3.84. The van der Waals surface area contributed by atoms with E-state index < -0.39 is 15.9 Å². The van der Waals surface area contributed by atoms with Gasteiger partial charge in [0.15, 0.2) is 0 Å². The molecule has 2 N–H and O–H groups in total. The Kier molecular flexibility index (Phi) is 6.09. The quantitative estimate of drug-likeness (QED) is 0.435. The van der Waals surface area contributed by atoms with E-state index in [2.05, 4.69) is 10.0 Å². The molecule has 0 aliphatic heterocycles. The lowest BCUT2D eigenvalue weighted by Crippen LogP contribution is -2.25. The molecule has 0 aromatic heterocycles. The first-order chi connectivity index (χ1) is 15.5. The van der Waals surface area contributed by atoms with Gasteiger partial charge in [-0.2, -0.15) is 0 Å². The highest BCUT2D eigenvalue weighted by Crippen LogP contribution is 2.26. The third-order valence-electron chi connectivity index (χ3n) is 5.04. The number of hydrogen-bond donors (Lipinski definition) is 2. The van der Waals surface area contributed by atoms with Crippen molar-refractivity contribution in [2.24, 2.45) is 0 Å². The SMILES string of the molecule is COc1ccc(NS(=O)(=O)c2ccc3ccccc3c2)c(C(=O)NCc2ccccc2)c1. The van der Waals surface area contributed by atoms with Crippen LogP contribution in [0.2, 0.25) is 0 Å². The number of sulfonamides is 1. The number of fused-ring (bicyclic) bond motifs is 1. The summed E-state index contributed by atoms with van der Waals surface area (Å²) < 4.78 is 33.9. The molecule has 0 aliphatic rings. The molecular weight excluding hydrogens is 424 g/mol. The topological polar surface area (TPSA) is 84.5 Å². The van der Waals surface area contributed by atoms with Gasteiger partial charge in [-0.1, -0.05) is 60.7 Å². The molecule has 0 radical (unpaired) electrons. The van der Waals surface area contributed by atoms with Crippen LogP contribution in [0.25, 0.3) is 10.8 Å². The van der Waals surface area contributed by atoms with Gasteiger partial charge in [0, 0.05) is 6.54 Å². The lowest BCUT2D eigenvalue weighted by atomic mass is 10.1. The molecule has 0 bridgehead atoms. The molecule has 0 aliphatic carbocycles. The van der Waals surface area contributed by atoms with Crippen molar-refractivity contribution in [1.29, 1.82) is 0 Å². The molecule has 4 aromatic carbocycles. The third kappa shape index (κ3) is 4.73. The van der Waals surface area contributed by atoms with Gasteiger partial charge in [0.05, 0.1) is 23.3 Å². The predicted molar refractivity (Wildman–Crippen MR) is 125 cm³/mol.